The van der Waals surface area contributed by atoms with Gasteiger partial charge < -0.3 is 5.11 Å². The van der Waals surface area contributed by atoms with Gasteiger partial charge in [-0.1, -0.05) is 6.92 Å². The summed E-state index contributed by atoms with van der Waals surface area (Å²) in [6, 6.07) is 3.35. The first-order valence-electron chi connectivity index (χ1n) is 4.93. The fourth-order valence-electron chi connectivity index (χ4n) is 1.05. The molecule has 0 aliphatic heterocycles. The molecule has 0 aliphatic rings. The van der Waals surface area contributed by atoms with Gasteiger partial charge in [0.15, 0.2) is 5.78 Å². The SMILES string of the molecule is CCC(=O)c1ccc(SC(C)C(=O)O)cn1. The van der Waals surface area contributed by atoms with Crippen LogP contribution in [0.3, 0.4) is 0 Å². The third-order valence-corrected chi connectivity index (χ3v) is 3.07. The van der Waals surface area contributed by atoms with Crippen molar-refractivity contribution in [3.8, 4) is 0 Å². The van der Waals surface area contributed by atoms with Gasteiger partial charge in [0.1, 0.15) is 10.9 Å². The lowest BCUT2D eigenvalue weighted by Crippen LogP contribution is -2.11. The van der Waals surface area contributed by atoms with Gasteiger partial charge in [-0.25, -0.2) is 0 Å². The van der Waals surface area contributed by atoms with Gasteiger partial charge in [0.25, 0.3) is 0 Å². The second-order valence-corrected chi connectivity index (χ2v) is 4.67. The topological polar surface area (TPSA) is 67.3 Å². The summed E-state index contributed by atoms with van der Waals surface area (Å²) in [6.07, 6.45) is 1.96. The van der Waals surface area contributed by atoms with Crippen LogP contribution in [-0.2, 0) is 4.79 Å². The van der Waals surface area contributed by atoms with Crippen LogP contribution in [0.1, 0.15) is 30.8 Å². The molecule has 1 aromatic rings. The highest BCUT2D eigenvalue weighted by atomic mass is 32.2. The fraction of sp³-hybridized carbons (Fsp3) is 0.364. The molecular weight excluding hydrogens is 226 g/mol. The molecule has 1 unspecified atom stereocenters. The molecule has 1 aromatic heterocycles. The molecule has 1 N–H and O–H groups in total. The summed E-state index contributed by atoms with van der Waals surface area (Å²) in [6.45, 7) is 3.39. The summed E-state index contributed by atoms with van der Waals surface area (Å²) in [4.78, 5) is 26.7. The number of aromatic nitrogens is 1. The maximum Gasteiger partial charge on any atom is 0.316 e. The first kappa shape index (κ1) is 12.7. The maximum absolute atomic E-state index is 11.3. The lowest BCUT2D eigenvalue weighted by molar-refractivity contribution is -0.136. The number of carbonyl (C=O) groups excluding carboxylic acids is 1. The molecule has 0 radical (unpaired) electrons. The monoisotopic (exact) mass is 239 g/mol. The lowest BCUT2D eigenvalue weighted by Gasteiger charge is -2.05. The number of hydrogen-bond acceptors (Lipinski definition) is 4. The average Bonchev–Trinajstić information content (AvgIpc) is 2.28. The second-order valence-electron chi connectivity index (χ2n) is 3.25. The van der Waals surface area contributed by atoms with Gasteiger partial charge in [0, 0.05) is 17.5 Å². The van der Waals surface area contributed by atoms with Gasteiger partial charge in [-0.05, 0) is 19.1 Å². The van der Waals surface area contributed by atoms with Crippen LogP contribution in [-0.4, -0.2) is 27.1 Å². The van der Waals surface area contributed by atoms with Crippen molar-refractivity contribution in [2.24, 2.45) is 0 Å². The largest absolute Gasteiger partial charge is 0.480 e. The number of carboxylic acid groups (broad SMARTS) is 1. The molecule has 0 aliphatic carbocycles. The van der Waals surface area contributed by atoms with Crippen molar-refractivity contribution in [1.29, 1.82) is 0 Å². The van der Waals surface area contributed by atoms with Gasteiger partial charge in [-0.15, -0.1) is 11.8 Å². The zero-order valence-corrected chi connectivity index (χ0v) is 9.95. The first-order valence-corrected chi connectivity index (χ1v) is 5.81. The highest BCUT2D eigenvalue weighted by molar-refractivity contribution is 8.00. The highest BCUT2D eigenvalue weighted by Gasteiger charge is 2.13. The standard InChI is InChI=1S/C11H13NO3S/c1-3-10(13)9-5-4-8(6-12-9)16-7(2)11(14)15/h4-7H,3H2,1-2H3,(H,14,15). The van der Waals surface area contributed by atoms with E-state index >= 15 is 0 Å². The molecule has 0 spiro atoms. The molecule has 1 rings (SSSR count). The van der Waals surface area contributed by atoms with Crippen molar-refractivity contribution in [1.82, 2.24) is 4.98 Å². The Balaban J connectivity index is 2.72. The molecular formula is C11H13NO3S. The van der Waals surface area contributed by atoms with Crippen molar-refractivity contribution < 1.29 is 14.7 Å². The first-order chi connectivity index (χ1) is 7.54. The number of aliphatic carboxylic acids is 1. The van der Waals surface area contributed by atoms with Crippen LogP contribution in [0, 0.1) is 0 Å². The van der Waals surface area contributed by atoms with Crippen LogP contribution < -0.4 is 0 Å². The minimum Gasteiger partial charge on any atom is -0.480 e. The average molecular weight is 239 g/mol. The van der Waals surface area contributed by atoms with Crippen LogP contribution in [0.15, 0.2) is 23.2 Å². The van der Waals surface area contributed by atoms with Gasteiger partial charge in [-0.3, -0.25) is 14.6 Å². The summed E-state index contributed by atoms with van der Waals surface area (Å²) >= 11 is 1.21. The Hall–Kier alpha value is -1.36. The number of carbonyl (C=O) groups is 2. The summed E-state index contributed by atoms with van der Waals surface area (Å²) in [5, 5.41) is 8.21. The second kappa shape index (κ2) is 5.65. The third-order valence-electron chi connectivity index (χ3n) is 2.00. The molecule has 5 heteroatoms. The number of rotatable bonds is 5. The molecule has 0 aromatic carbocycles. The van der Waals surface area contributed by atoms with Crippen molar-refractivity contribution in [2.75, 3.05) is 0 Å². The Kier molecular flexibility index (Phi) is 4.49. The quantitative estimate of drug-likeness (QED) is 0.630. The number of nitrogens with zero attached hydrogens (tertiary/aromatic N) is 1. The van der Waals surface area contributed by atoms with Crippen molar-refractivity contribution >= 4 is 23.5 Å². The number of pyridine rings is 1. The summed E-state index contributed by atoms with van der Waals surface area (Å²) in [5.41, 5.74) is 0.426. The molecule has 4 nitrogen and oxygen atoms in total. The summed E-state index contributed by atoms with van der Waals surface area (Å²) in [7, 11) is 0. The molecule has 1 heterocycles. The van der Waals surface area contributed by atoms with Gasteiger partial charge in [-0.2, -0.15) is 0 Å². The van der Waals surface area contributed by atoms with E-state index in [-0.39, 0.29) is 5.78 Å². The molecule has 0 saturated carbocycles. The Morgan fingerprint density at radius 2 is 2.19 bits per heavy atom. The van der Waals surface area contributed by atoms with E-state index in [1.807, 2.05) is 0 Å². The molecule has 16 heavy (non-hydrogen) atoms. The van der Waals surface area contributed by atoms with E-state index in [1.165, 1.54) is 18.0 Å². The predicted octanol–water partition coefficient (Wildman–Crippen LogP) is 2.24. The number of thioether (sulfide) groups is 1. The minimum atomic E-state index is -0.862. The van der Waals surface area contributed by atoms with E-state index in [1.54, 1.807) is 26.0 Å². The van der Waals surface area contributed by atoms with Crippen LogP contribution in [0.5, 0.6) is 0 Å². The molecule has 86 valence electrons. The van der Waals surface area contributed by atoms with Crippen LogP contribution in [0.4, 0.5) is 0 Å². The lowest BCUT2D eigenvalue weighted by atomic mass is 10.2. The van der Waals surface area contributed by atoms with Gasteiger partial charge in [0.05, 0.1) is 0 Å². The molecule has 0 bridgehead atoms. The zero-order valence-electron chi connectivity index (χ0n) is 9.14. The van der Waals surface area contributed by atoms with Crippen LogP contribution in [0.2, 0.25) is 0 Å². The Morgan fingerprint density at radius 3 is 2.62 bits per heavy atom. The van der Waals surface area contributed by atoms with E-state index < -0.39 is 11.2 Å². The molecule has 1 atom stereocenters. The highest BCUT2D eigenvalue weighted by Crippen LogP contribution is 2.22. The van der Waals surface area contributed by atoms with E-state index in [2.05, 4.69) is 4.98 Å². The Bertz CT molecular complexity index is 389. The van der Waals surface area contributed by atoms with Crippen molar-refractivity contribution in [2.45, 2.75) is 30.4 Å². The van der Waals surface area contributed by atoms with Gasteiger partial charge >= 0.3 is 5.97 Å². The molecule has 0 amide bonds. The Labute approximate surface area is 98.1 Å². The number of hydrogen-bond donors (Lipinski definition) is 1. The van der Waals surface area contributed by atoms with E-state index in [0.717, 1.165) is 4.90 Å². The molecule has 0 fully saturated rings. The number of ketones is 1. The van der Waals surface area contributed by atoms with Gasteiger partial charge in [0.2, 0.25) is 0 Å². The van der Waals surface area contributed by atoms with Crippen molar-refractivity contribution in [3.05, 3.63) is 24.0 Å². The summed E-state index contributed by atoms with van der Waals surface area (Å²) in [5.74, 6) is -0.874. The normalized spacial score (nSPS) is 12.1. The zero-order chi connectivity index (χ0) is 12.1. The van der Waals surface area contributed by atoms with Crippen LogP contribution >= 0.6 is 11.8 Å². The van der Waals surface area contributed by atoms with Crippen molar-refractivity contribution in [3.63, 3.8) is 0 Å². The number of Topliss-reactive ketones (excluding diaryl/α,β-unsaturated/α-hetero) is 1. The Morgan fingerprint density at radius 1 is 1.50 bits per heavy atom. The predicted molar refractivity (Wildman–Crippen MR) is 61.8 cm³/mol. The maximum atomic E-state index is 11.3. The fourth-order valence-corrected chi connectivity index (χ4v) is 1.82. The van der Waals surface area contributed by atoms with E-state index in [0.29, 0.717) is 12.1 Å². The van der Waals surface area contributed by atoms with E-state index in [4.69, 9.17) is 5.11 Å². The smallest absolute Gasteiger partial charge is 0.316 e. The minimum absolute atomic E-state index is 0.0113. The third kappa shape index (κ3) is 3.34. The summed E-state index contributed by atoms with van der Waals surface area (Å²) < 4.78 is 0. The van der Waals surface area contributed by atoms with Crippen LogP contribution in [0.25, 0.3) is 0 Å². The molecule has 0 saturated heterocycles. The van der Waals surface area contributed by atoms with E-state index in [9.17, 15) is 9.59 Å². The number of carboxylic acids is 1.